The van der Waals surface area contributed by atoms with Crippen LogP contribution in [0.4, 0.5) is 0 Å². The average Bonchev–Trinajstić information content (AvgIpc) is 3.07. The Hall–Kier alpha value is -2.53. The molecule has 3 rings (SSSR count). The predicted molar refractivity (Wildman–Crippen MR) is 94.4 cm³/mol. The van der Waals surface area contributed by atoms with E-state index in [2.05, 4.69) is 15.2 Å². The highest BCUT2D eigenvalue weighted by Gasteiger charge is 2.01. The molecule has 0 spiro atoms. The second-order valence-electron chi connectivity index (χ2n) is 4.76. The summed E-state index contributed by atoms with van der Waals surface area (Å²) in [6.45, 7) is 0.623. The van der Waals surface area contributed by atoms with Crippen molar-refractivity contribution in [2.45, 2.75) is 5.16 Å². The van der Waals surface area contributed by atoms with Crippen molar-refractivity contribution in [2.75, 3.05) is 12.4 Å². The van der Waals surface area contributed by atoms with Gasteiger partial charge in [0.2, 0.25) is 5.16 Å². The molecule has 0 bridgehead atoms. The number of hydrogen-bond acceptors (Lipinski definition) is 4. The fourth-order valence-electron chi connectivity index (χ4n) is 1.95. The third-order valence-corrected chi connectivity index (χ3v) is 3.85. The molecule has 4 nitrogen and oxygen atoms in total. The number of benzene rings is 2. The standard InChI is InChI=1S/C18H17N3OS/c1-3-7-15(8-4-1)11-12-17-19-18(21-20-17)23-14-13-22-16-9-5-2-6-10-16/h1-12H,13-14H2,(H,19,20,21). The number of nitrogens with one attached hydrogen (secondary N) is 1. The lowest BCUT2D eigenvalue weighted by Crippen LogP contribution is -1.99. The van der Waals surface area contributed by atoms with Gasteiger partial charge in [-0.25, -0.2) is 4.98 Å². The summed E-state index contributed by atoms with van der Waals surface area (Å²) in [5.41, 5.74) is 1.13. The zero-order valence-electron chi connectivity index (χ0n) is 12.6. The van der Waals surface area contributed by atoms with Crippen molar-refractivity contribution in [1.82, 2.24) is 15.2 Å². The van der Waals surface area contributed by atoms with Crippen molar-refractivity contribution >= 4 is 23.9 Å². The first kappa shape index (κ1) is 15.4. The first-order valence-electron chi connectivity index (χ1n) is 7.36. The molecule has 5 heteroatoms. The van der Waals surface area contributed by atoms with E-state index >= 15 is 0 Å². The maximum absolute atomic E-state index is 5.64. The number of para-hydroxylation sites is 1. The van der Waals surface area contributed by atoms with Gasteiger partial charge in [0.05, 0.1) is 6.61 Å². The monoisotopic (exact) mass is 323 g/mol. The molecule has 0 saturated heterocycles. The summed E-state index contributed by atoms with van der Waals surface area (Å²) in [5, 5.41) is 7.85. The normalized spacial score (nSPS) is 11.0. The summed E-state index contributed by atoms with van der Waals surface area (Å²) in [6, 6.07) is 19.9. The maximum Gasteiger partial charge on any atom is 0.208 e. The number of aromatic nitrogens is 3. The quantitative estimate of drug-likeness (QED) is 0.524. The van der Waals surface area contributed by atoms with Crippen LogP contribution in [0.3, 0.4) is 0 Å². The number of rotatable bonds is 7. The smallest absolute Gasteiger partial charge is 0.208 e. The van der Waals surface area contributed by atoms with Gasteiger partial charge in [-0.3, -0.25) is 5.10 Å². The minimum absolute atomic E-state index is 0.623. The average molecular weight is 323 g/mol. The van der Waals surface area contributed by atoms with Gasteiger partial charge < -0.3 is 4.74 Å². The molecular formula is C18H17N3OS. The van der Waals surface area contributed by atoms with Crippen molar-refractivity contribution in [1.29, 1.82) is 0 Å². The van der Waals surface area contributed by atoms with E-state index in [4.69, 9.17) is 4.74 Å². The van der Waals surface area contributed by atoms with E-state index in [0.29, 0.717) is 6.61 Å². The zero-order valence-corrected chi connectivity index (χ0v) is 13.4. The van der Waals surface area contributed by atoms with Crippen LogP contribution < -0.4 is 4.74 Å². The molecule has 0 aliphatic carbocycles. The summed E-state index contributed by atoms with van der Waals surface area (Å²) in [4.78, 5) is 4.42. The van der Waals surface area contributed by atoms with Gasteiger partial charge in [-0.15, -0.1) is 5.10 Å². The minimum atomic E-state index is 0.623. The van der Waals surface area contributed by atoms with E-state index in [-0.39, 0.29) is 0 Å². The van der Waals surface area contributed by atoms with E-state index in [1.54, 1.807) is 11.8 Å². The van der Waals surface area contributed by atoms with E-state index < -0.39 is 0 Å². The Kier molecular flexibility index (Phi) is 5.48. The number of H-pyrrole nitrogens is 1. The minimum Gasteiger partial charge on any atom is -0.493 e. The fourth-order valence-corrected chi connectivity index (χ4v) is 2.57. The van der Waals surface area contributed by atoms with Gasteiger partial charge in [-0.1, -0.05) is 66.4 Å². The molecule has 0 radical (unpaired) electrons. The fraction of sp³-hybridized carbons (Fsp3) is 0.111. The molecule has 0 aliphatic rings. The largest absolute Gasteiger partial charge is 0.493 e. The van der Waals surface area contributed by atoms with Gasteiger partial charge in [0.15, 0.2) is 0 Å². The molecule has 0 unspecified atom stereocenters. The molecule has 1 heterocycles. The third-order valence-electron chi connectivity index (χ3n) is 3.04. The topological polar surface area (TPSA) is 50.8 Å². The van der Waals surface area contributed by atoms with Crippen LogP contribution in [0, 0.1) is 0 Å². The van der Waals surface area contributed by atoms with Crippen molar-refractivity contribution in [3.63, 3.8) is 0 Å². The number of thioether (sulfide) groups is 1. The molecule has 3 aromatic rings. The second-order valence-corrected chi connectivity index (χ2v) is 5.82. The molecule has 2 aromatic carbocycles. The molecule has 0 saturated carbocycles. The third kappa shape index (κ3) is 5.00. The molecule has 0 amide bonds. The van der Waals surface area contributed by atoms with Crippen LogP contribution in [0.1, 0.15) is 11.4 Å². The summed E-state index contributed by atoms with van der Waals surface area (Å²) in [5.74, 6) is 2.43. The molecule has 0 atom stereocenters. The molecule has 23 heavy (non-hydrogen) atoms. The Bertz CT molecular complexity index is 741. The molecular weight excluding hydrogens is 306 g/mol. The van der Waals surface area contributed by atoms with Crippen molar-refractivity contribution in [2.24, 2.45) is 0 Å². The van der Waals surface area contributed by atoms with Crippen LogP contribution in [0.25, 0.3) is 12.2 Å². The Morgan fingerprint density at radius 1 is 0.957 bits per heavy atom. The molecule has 0 fully saturated rings. The molecule has 1 aromatic heterocycles. The predicted octanol–water partition coefficient (Wildman–Crippen LogP) is 4.15. The van der Waals surface area contributed by atoms with Gasteiger partial charge in [0.25, 0.3) is 0 Å². The lowest BCUT2D eigenvalue weighted by atomic mass is 10.2. The van der Waals surface area contributed by atoms with Crippen LogP contribution >= 0.6 is 11.8 Å². The maximum atomic E-state index is 5.64. The van der Waals surface area contributed by atoms with Crippen LogP contribution in [-0.4, -0.2) is 27.5 Å². The van der Waals surface area contributed by atoms with Crippen molar-refractivity contribution in [3.05, 3.63) is 72.1 Å². The van der Waals surface area contributed by atoms with Crippen LogP contribution in [0.15, 0.2) is 65.8 Å². The van der Waals surface area contributed by atoms with Gasteiger partial charge >= 0.3 is 0 Å². The van der Waals surface area contributed by atoms with Crippen LogP contribution in [-0.2, 0) is 0 Å². The van der Waals surface area contributed by atoms with E-state index in [1.165, 1.54) is 0 Å². The van der Waals surface area contributed by atoms with Crippen LogP contribution in [0.2, 0.25) is 0 Å². The Labute approximate surface area is 139 Å². The van der Waals surface area contributed by atoms with Gasteiger partial charge in [0.1, 0.15) is 11.6 Å². The Balaban J connectivity index is 1.45. The number of aromatic amines is 1. The summed E-state index contributed by atoms with van der Waals surface area (Å²) >= 11 is 1.57. The van der Waals surface area contributed by atoms with E-state index in [9.17, 15) is 0 Å². The SMILES string of the molecule is C(=Cc1nc(SCCOc2ccccc2)n[nH]1)c1ccccc1. The van der Waals surface area contributed by atoms with E-state index in [1.807, 2.05) is 72.8 Å². The van der Waals surface area contributed by atoms with Crippen molar-refractivity contribution in [3.8, 4) is 5.75 Å². The van der Waals surface area contributed by atoms with Crippen LogP contribution in [0.5, 0.6) is 5.75 Å². The lowest BCUT2D eigenvalue weighted by Gasteiger charge is -2.03. The highest BCUT2D eigenvalue weighted by Crippen LogP contribution is 2.14. The van der Waals surface area contributed by atoms with Gasteiger partial charge in [-0.05, 0) is 23.8 Å². The number of ether oxygens (including phenoxy) is 1. The van der Waals surface area contributed by atoms with Gasteiger partial charge in [0, 0.05) is 5.75 Å². The molecule has 1 N–H and O–H groups in total. The van der Waals surface area contributed by atoms with E-state index in [0.717, 1.165) is 28.0 Å². The van der Waals surface area contributed by atoms with Crippen molar-refractivity contribution < 1.29 is 4.74 Å². The highest BCUT2D eigenvalue weighted by molar-refractivity contribution is 7.99. The summed E-state index contributed by atoms with van der Waals surface area (Å²) in [7, 11) is 0. The highest BCUT2D eigenvalue weighted by atomic mass is 32.2. The second kappa shape index (κ2) is 8.19. The first-order chi connectivity index (χ1) is 11.4. The van der Waals surface area contributed by atoms with Gasteiger partial charge in [-0.2, -0.15) is 0 Å². The number of nitrogens with zero attached hydrogens (tertiary/aromatic N) is 2. The summed E-state index contributed by atoms with van der Waals surface area (Å²) < 4.78 is 5.64. The Morgan fingerprint density at radius 2 is 1.70 bits per heavy atom. The molecule has 116 valence electrons. The number of hydrogen-bond donors (Lipinski definition) is 1. The first-order valence-corrected chi connectivity index (χ1v) is 8.35. The summed E-state index contributed by atoms with van der Waals surface area (Å²) in [6.07, 6.45) is 3.93. The lowest BCUT2D eigenvalue weighted by molar-refractivity contribution is 0.344. The molecule has 0 aliphatic heterocycles. The Morgan fingerprint density at radius 3 is 2.48 bits per heavy atom. The zero-order chi connectivity index (χ0) is 15.7.